The van der Waals surface area contributed by atoms with Gasteiger partial charge in [-0.3, -0.25) is 0 Å². The molecule has 0 saturated carbocycles. The number of thioether (sulfide) groups is 1. The number of nitriles is 1. The number of nitrogens with zero attached hydrogens (tertiary/aromatic N) is 1. The van der Waals surface area contributed by atoms with Crippen LogP contribution in [0.25, 0.3) is 0 Å². The number of hydrogen-bond donors (Lipinski definition) is 0. The molecule has 0 saturated heterocycles. The standard InChI is InChI=1S/C13H17NO3S2/c1-19(15,16)11-10-18-9-8-17-13-4-2-12(3-5-13)6-7-14/h2-5H,6,8-11H2,1H3. The van der Waals surface area contributed by atoms with E-state index in [1.807, 2.05) is 24.3 Å². The van der Waals surface area contributed by atoms with Crippen LogP contribution in [0.3, 0.4) is 0 Å². The van der Waals surface area contributed by atoms with E-state index >= 15 is 0 Å². The summed E-state index contributed by atoms with van der Waals surface area (Å²) in [5, 5.41) is 8.54. The number of rotatable bonds is 8. The SMILES string of the molecule is CS(=O)(=O)CCSCCOc1ccc(CC#N)cc1. The van der Waals surface area contributed by atoms with Crippen molar-refractivity contribution in [1.29, 1.82) is 5.26 Å². The number of hydrogen-bond acceptors (Lipinski definition) is 5. The van der Waals surface area contributed by atoms with Crippen molar-refractivity contribution in [3.8, 4) is 11.8 Å². The first-order chi connectivity index (χ1) is 9.01. The minimum atomic E-state index is -2.86. The smallest absolute Gasteiger partial charge is 0.148 e. The highest BCUT2D eigenvalue weighted by Gasteiger charge is 2.01. The zero-order valence-corrected chi connectivity index (χ0v) is 12.5. The maximum absolute atomic E-state index is 10.9. The highest BCUT2D eigenvalue weighted by Crippen LogP contribution is 2.13. The molecule has 0 spiro atoms. The van der Waals surface area contributed by atoms with E-state index in [1.54, 1.807) is 11.8 Å². The lowest BCUT2D eigenvalue weighted by atomic mass is 10.2. The van der Waals surface area contributed by atoms with Gasteiger partial charge in [-0.15, -0.1) is 0 Å². The van der Waals surface area contributed by atoms with Gasteiger partial charge < -0.3 is 4.74 Å². The Morgan fingerprint density at radius 1 is 1.26 bits per heavy atom. The monoisotopic (exact) mass is 299 g/mol. The molecule has 6 heteroatoms. The van der Waals surface area contributed by atoms with Crippen molar-refractivity contribution in [3.05, 3.63) is 29.8 Å². The highest BCUT2D eigenvalue weighted by molar-refractivity contribution is 8.00. The van der Waals surface area contributed by atoms with Crippen LogP contribution in [0.15, 0.2) is 24.3 Å². The second kappa shape index (κ2) is 8.08. The fraction of sp³-hybridized carbons (Fsp3) is 0.462. The van der Waals surface area contributed by atoms with Crippen molar-refractivity contribution in [1.82, 2.24) is 0 Å². The molecule has 0 bridgehead atoms. The van der Waals surface area contributed by atoms with Crippen molar-refractivity contribution in [2.75, 3.05) is 30.1 Å². The van der Waals surface area contributed by atoms with Gasteiger partial charge in [0, 0.05) is 17.8 Å². The minimum Gasteiger partial charge on any atom is -0.493 e. The third-order valence-corrected chi connectivity index (χ3v) is 4.45. The van der Waals surface area contributed by atoms with Crippen LogP contribution < -0.4 is 4.74 Å². The van der Waals surface area contributed by atoms with Gasteiger partial charge in [0.25, 0.3) is 0 Å². The van der Waals surface area contributed by atoms with E-state index in [9.17, 15) is 8.42 Å². The van der Waals surface area contributed by atoms with E-state index in [0.29, 0.717) is 18.8 Å². The predicted octanol–water partition coefficient (Wildman–Crippen LogP) is 1.91. The molecule has 1 aromatic carbocycles. The summed E-state index contributed by atoms with van der Waals surface area (Å²) in [5.41, 5.74) is 0.970. The molecule has 0 N–H and O–H groups in total. The lowest BCUT2D eigenvalue weighted by Crippen LogP contribution is -2.07. The van der Waals surface area contributed by atoms with E-state index in [1.165, 1.54) is 6.26 Å². The predicted molar refractivity (Wildman–Crippen MR) is 78.3 cm³/mol. The zero-order chi connectivity index (χ0) is 14.1. The summed E-state index contributed by atoms with van der Waals surface area (Å²) < 4.78 is 27.3. The Morgan fingerprint density at radius 3 is 2.53 bits per heavy atom. The molecular formula is C13H17NO3S2. The second-order valence-corrected chi connectivity index (χ2v) is 7.55. The van der Waals surface area contributed by atoms with Crippen LogP contribution in [0.2, 0.25) is 0 Å². The molecule has 1 aromatic rings. The Labute approximate surface area is 118 Å². The average Bonchev–Trinajstić information content (AvgIpc) is 2.35. The van der Waals surface area contributed by atoms with Gasteiger partial charge in [0.2, 0.25) is 0 Å². The van der Waals surface area contributed by atoms with Crippen molar-refractivity contribution in [2.45, 2.75) is 6.42 Å². The number of benzene rings is 1. The lowest BCUT2D eigenvalue weighted by molar-refractivity contribution is 0.344. The summed E-state index contributed by atoms with van der Waals surface area (Å²) in [6.45, 7) is 0.548. The van der Waals surface area contributed by atoms with E-state index in [4.69, 9.17) is 10.00 Å². The minimum absolute atomic E-state index is 0.209. The Morgan fingerprint density at radius 2 is 1.95 bits per heavy atom. The normalized spacial score (nSPS) is 10.9. The summed E-state index contributed by atoms with van der Waals surface area (Å²) in [7, 11) is -2.86. The second-order valence-electron chi connectivity index (χ2n) is 4.07. The molecule has 0 aliphatic heterocycles. The molecular weight excluding hydrogens is 282 g/mol. The van der Waals surface area contributed by atoms with E-state index < -0.39 is 9.84 Å². The Bertz CT molecular complexity index is 518. The van der Waals surface area contributed by atoms with Crippen LogP contribution in [0.1, 0.15) is 5.56 Å². The molecule has 4 nitrogen and oxygen atoms in total. The maximum Gasteiger partial charge on any atom is 0.148 e. The van der Waals surface area contributed by atoms with Gasteiger partial charge in [-0.2, -0.15) is 17.0 Å². The van der Waals surface area contributed by atoms with Gasteiger partial charge in [0.05, 0.1) is 24.8 Å². The average molecular weight is 299 g/mol. The van der Waals surface area contributed by atoms with Crippen molar-refractivity contribution < 1.29 is 13.2 Å². The maximum atomic E-state index is 10.9. The van der Waals surface area contributed by atoms with Gasteiger partial charge in [0.15, 0.2) is 0 Å². The van der Waals surface area contributed by atoms with Gasteiger partial charge in [-0.25, -0.2) is 8.42 Å². The van der Waals surface area contributed by atoms with Crippen LogP contribution in [0.4, 0.5) is 0 Å². The van der Waals surface area contributed by atoms with Crippen LogP contribution in [-0.2, 0) is 16.3 Å². The van der Waals surface area contributed by atoms with Crippen molar-refractivity contribution >= 4 is 21.6 Å². The summed E-state index contributed by atoms with van der Waals surface area (Å²) in [5.74, 6) is 2.34. The van der Waals surface area contributed by atoms with E-state index in [-0.39, 0.29) is 5.75 Å². The first-order valence-electron chi connectivity index (χ1n) is 5.85. The topological polar surface area (TPSA) is 67.2 Å². The first kappa shape index (κ1) is 15.9. The fourth-order valence-corrected chi connectivity index (χ4v) is 3.41. The molecule has 0 heterocycles. The molecule has 0 aliphatic rings. The molecule has 0 aromatic heterocycles. The van der Waals surface area contributed by atoms with E-state index in [2.05, 4.69) is 6.07 Å². The van der Waals surface area contributed by atoms with Crippen LogP contribution in [0, 0.1) is 11.3 Å². The molecule has 19 heavy (non-hydrogen) atoms. The third kappa shape index (κ3) is 7.75. The molecule has 0 unspecified atom stereocenters. The number of sulfone groups is 1. The van der Waals surface area contributed by atoms with Crippen molar-refractivity contribution in [2.24, 2.45) is 0 Å². The molecule has 0 radical (unpaired) electrons. The first-order valence-corrected chi connectivity index (χ1v) is 9.07. The summed E-state index contributed by atoms with van der Waals surface area (Å²) >= 11 is 1.56. The van der Waals surface area contributed by atoms with Gasteiger partial charge in [0.1, 0.15) is 15.6 Å². The lowest BCUT2D eigenvalue weighted by Gasteiger charge is -2.06. The summed E-state index contributed by atoms with van der Waals surface area (Å²) in [4.78, 5) is 0. The van der Waals surface area contributed by atoms with Crippen molar-refractivity contribution in [3.63, 3.8) is 0 Å². The number of ether oxygens (including phenoxy) is 1. The molecule has 0 atom stereocenters. The Kier molecular flexibility index (Phi) is 6.74. The van der Waals surface area contributed by atoms with E-state index in [0.717, 1.165) is 17.1 Å². The third-order valence-electron chi connectivity index (χ3n) is 2.30. The van der Waals surface area contributed by atoms with Gasteiger partial charge in [-0.05, 0) is 17.7 Å². The quantitative estimate of drug-likeness (QED) is 0.686. The molecule has 0 fully saturated rings. The zero-order valence-electron chi connectivity index (χ0n) is 10.8. The fourth-order valence-electron chi connectivity index (χ4n) is 1.33. The van der Waals surface area contributed by atoms with Crippen LogP contribution >= 0.6 is 11.8 Å². The van der Waals surface area contributed by atoms with Crippen LogP contribution in [-0.4, -0.2) is 38.5 Å². The Hall–Kier alpha value is -1.19. The molecule has 104 valence electrons. The van der Waals surface area contributed by atoms with Gasteiger partial charge in [-0.1, -0.05) is 12.1 Å². The molecule has 1 rings (SSSR count). The summed E-state index contributed by atoms with van der Waals surface area (Å²) in [6.07, 6.45) is 1.65. The van der Waals surface area contributed by atoms with Gasteiger partial charge >= 0.3 is 0 Å². The molecule has 0 amide bonds. The molecule has 0 aliphatic carbocycles. The Balaban J connectivity index is 2.17. The van der Waals surface area contributed by atoms with Crippen LogP contribution in [0.5, 0.6) is 5.75 Å². The summed E-state index contributed by atoms with van der Waals surface area (Å²) in [6, 6.07) is 9.51. The largest absolute Gasteiger partial charge is 0.493 e. The highest BCUT2D eigenvalue weighted by atomic mass is 32.2.